The van der Waals surface area contributed by atoms with E-state index in [1.54, 1.807) is 0 Å². The van der Waals surface area contributed by atoms with Gasteiger partial charge in [-0.05, 0) is 214 Å². The number of hydrogen-bond donors (Lipinski definition) is 6. The fourth-order valence-electron chi connectivity index (χ4n) is 20.8. The molecule has 682 valence electrons. The number of carbonyl (C=O) groups is 11. The molecule has 0 aliphatic heterocycles. The number of methoxy groups -OCH3 is 6. The van der Waals surface area contributed by atoms with Crippen molar-refractivity contribution >= 4 is 102 Å². The van der Waals surface area contributed by atoms with E-state index >= 15 is 0 Å². The average Bonchev–Trinajstić information content (AvgIpc) is 0.790. The van der Waals surface area contributed by atoms with Crippen LogP contribution in [-0.4, -0.2) is 145 Å². The summed E-state index contributed by atoms with van der Waals surface area (Å²) in [5, 5.41) is 11.6. The number of halogens is 3. The van der Waals surface area contributed by atoms with Gasteiger partial charge in [-0.2, -0.15) is 0 Å². The first-order valence-corrected chi connectivity index (χ1v) is 43.1. The second kappa shape index (κ2) is 45.6. The van der Waals surface area contributed by atoms with Crippen LogP contribution in [0.3, 0.4) is 0 Å². The van der Waals surface area contributed by atoms with Gasteiger partial charge in [0.2, 0.25) is 0 Å². The quantitative estimate of drug-likeness (QED) is 0.0239. The smallest absolute Gasteiger partial charge is 0.407 e. The van der Waals surface area contributed by atoms with E-state index in [0.717, 1.165) is 182 Å². The molecule has 17 rings (SSSR count). The van der Waals surface area contributed by atoms with Crippen LogP contribution in [-0.2, 0) is 114 Å². The second-order valence-electron chi connectivity index (χ2n) is 36.4. The van der Waals surface area contributed by atoms with Gasteiger partial charge in [0.1, 0.15) is 33.0 Å². The first-order chi connectivity index (χ1) is 59.0. The molecule has 0 unspecified atom stereocenters. The minimum Gasteiger partial charge on any atom is -0.469 e. The zero-order chi connectivity index (χ0) is 88.0. The van der Waals surface area contributed by atoms with Crippen LogP contribution in [0.25, 0.3) is 0 Å². The highest BCUT2D eigenvalue weighted by molar-refractivity contribution is 6.61. The Morgan fingerprint density at radius 3 is 0.560 bits per heavy atom. The fourth-order valence-corrected chi connectivity index (χ4v) is 20.9. The Morgan fingerprint density at radius 1 is 0.264 bits per heavy atom. The van der Waals surface area contributed by atoms with E-state index in [-0.39, 0.29) is 199 Å². The lowest BCUT2D eigenvalue weighted by atomic mass is 9.50. The molecule has 28 nitrogen and oxygen atoms in total. The molecule has 0 atom stereocenters. The normalized spacial score (nSPS) is 29.9. The zero-order valence-corrected chi connectivity index (χ0v) is 74.6. The third-order valence-electron chi connectivity index (χ3n) is 26.9. The average molecular weight is 1800 g/mol. The van der Waals surface area contributed by atoms with Crippen LogP contribution in [0.1, 0.15) is 182 Å². The van der Waals surface area contributed by atoms with Crippen LogP contribution in [0, 0.1) is 68.0 Å². The molecule has 31 heteroatoms. The van der Waals surface area contributed by atoms with Crippen LogP contribution in [0.4, 0.5) is 24.0 Å². The Bertz CT molecular complexity index is 3870. The monoisotopic (exact) mass is 1790 g/mol. The second-order valence-corrected chi connectivity index (χ2v) is 36.7. The molecular weight excluding hydrogens is 1670 g/mol. The molecule has 12 saturated carbocycles. The Labute approximate surface area is 748 Å². The molecule has 4 amide bonds. The van der Waals surface area contributed by atoms with Gasteiger partial charge in [0, 0.05) is 47.9 Å². The fraction of sp³-hybridized carbons (Fsp3) is 0.564. The number of esters is 6. The van der Waals surface area contributed by atoms with Gasteiger partial charge in [0.25, 0.3) is 0 Å². The van der Waals surface area contributed by atoms with Crippen molar-refractivity contribution in [2.24, 2.45) is 79.5 Å². The molecule has 0 radical (unpaired) electrons. The van der Waals surface area contributed by atoms with Crippen molar-refractivity contribution in [2.75, 3.05) is 42.7 Å². The van der Waals surface area contributed by atoms with E-state index in [9.17, 15) is 52.7 Å². The highest BCUT2D eigenvalue weighted by Gasteiger charge is 2.60. The van der Waals surface area contributed by atoms with Crippen LogP contribution in [0.2, 0.25) is 0 Å². The lowest BCUT2D eigenvalue weighted by Gasteiger charge is -2.56. The third kappa shape index (κ3) is 27.9. The molecule has 0 heterocycles. The number of ether oxygens (including phenoxy) is 11. The Balaban J connectivity index is 0.000000167. The van der Waals surface area contributed by atoms with Crippen molar-refractivity contribution in [3.8, 4) is 0 Å². The predicted octanol–water partition coefficient (Wildman–Crippen LogP) is 15.3. The summed E-state index contributed by atoms with van der Waals surface area (Å²) in [6.07, 6.45) is 21.5. The summed E-state index contributed by atoms with van der Waals surface area (Å²) in [5.74, 6) is 0.0355. The summed E-state index contributed by atoms with van der Waals surface area (Å²) in [6.45, 7) is 1.39. The summed E-state index contributed by atoms with van der Waals surface area (Å²) in [5.41, 5.74) is 17.3. The molecular formula is C94H123Cl3N6O22. The number of carbonyl (C=O) groups excluding carboxylic acids is 11. The van der Waals surface area contributed by atoms with Crippen LogP contribution in [0.5, 0.6) is 0 Å². The molecule has 0 bridgehead atoms. The molecule has 0 aromatic heterocycles. The van der Waals surface area contributed by atoms with Gasteiger partial charge in [-0.3, -0.25) is 28.8 Å². The first-order valence-electron chi connectivity index (χ1n) is 42.7. The summed E-state index contributed by atoms with van der Waals surface area (Å²) < 4.78 is 53.7. The zero-order valence-electron chi connectivity index (χ0n) is 72.2. The summed E-state index contributed by atoms with van der Waals surface area (Å²) >= 11 is 4.97. The third-order valence-corrected chi connectivity index (χ3v) is 27.0. The maximum Gasteiger partial charge on any atom is 0.407 e. The summed E-state index contributed by atoms with van der Waals surface area (Å²) in [4.78, 5) is 125. The van der Waals surface area contributed by atoms with Crippen LogP contribution in [0.15, 0.2) is 152 Å². The largest absolute Gasteiger partial charge is 0.469 e. The highest BCUT2D eigenvalue weighted by Crippen LogP contribution is 2.63. The Morgan fingerprint density at radius 2 is 0.416 bits per heavy atom. The summed E-state index contributed by atoms with van der Waals surface area (Å²) in [6, 6.07) is 49.3. The van der Waals surface area contributed by atoms with Crippen molar-refractivity contribution in [3.63, 3.8) is 0 Å². The van der Waals surface area contributed by atoms with Gasteiger partial charge in [-0.1, -0.05) is 152 Å². The lowest BCUT2D eigenvalue weighted by molar-refractivity contribution is -0.160. The van der Waals surface area contributed by atoms with E-state index in [1.165, 1.54) is 42.7 Å². The first kappa shape index (κ1) is 99.0. The number of rotatable bonds is 20. The number of nitrogens with one attached hydrogen (secondary N) is 4. The standard InChI is InChI=1S/4C17H21NO4.2C9H15NO2.C8H7ClO2.2ClH/c4*1-21-15(19)13-7-17(8-13)9-14(10-17)18-16(20)22-11-12-5-3-2-4-6-12;2*1-12-8(11)6-2-9(3-6)4-7(10)5-9;9-8(10)11-6-7-4-2-1-3-5-7;;/h4*2-6,13-14H,7-11H2,1H3,(H,18,20);2*6-7H,2-5,10H2,1H3;1-5H,6H2;2*1H. The number of benzene rings is 5. The molecule has 5 aromatic rings. The minimum absolute atomic E-state index is 0. The highest BCUT2D eigenvalue weighted by atomic mass is 35.5. The SMILES string of the molecule is COC(=O)C1CC2(CC(N)C2)C1.COC(=O)C1CC2(CC(N)C2)C1.COC(=O)C1CC2(CC(NC(=O)OCc3ccccc3)C2)C1.COC(=O)C1CC2(CC(NC(=O)OCc3ccccc3)C2)C1.COC(=O)C1CC2(CC(NC(=O)OCc3ccccc3)C2)C1.COC(=O)C1CC2(CC(NC(=O)OCc3ccccc3)C2)C1.Cl.Cl.O=C(Cl)OCc1ccccc1. The summed E-state index contributed by atoms with van der Waals surface area (Å²) in [7, 11) is 8.64. The number of alkyl carbamates (subject to hydrolysis) is 4. The van der Waals surface area contributed by atoms with Gasteiger partial charge in [0.05, 0.1) is 78.2 Å². The maximum absolute atomic E-state index is 11.7. The molecule has 5 aromatic carbocycles. The molecule has 125 heavy (non-hydrogen) atoms. The van der Waals surface area contributed by atoms with Gasteiger partial charge >= 0.3 is 65.6 Å². The minimum atomic E-state index is -0.770. The molecule has 6 spiro atoms. The predicted molar refractivity (Wildman–Crippen MR) is 466 cm³/mol. The van der Waals surface area contributed by atoms with E-state index in [0.29, 0.717) is 22.9 Å². The molecule has 12 aliphatic carbocycles. The van der Waals surface area contributed by atoms with E-state index in [1.807, 2.05) is 152 Å². The molecule has 12 aliphatic rings. The molecule has 12 fully saturated rings. The van der Waals surface area contributed by atoms with Gasteiger partial charge in [-0.15, -0.1) is 24.8 Å². The van der Waals surface area contributed by atoms with E-state index in [2.05, 4.69) is 35.5 Å². The van der Waals surface area contributed by atoms with Gasteiger partial charge < -0.3 is 84.8 Å². The van der Waals surface area contributed by atoms with Crippen LogP contribution >= 0.6 is 36.4 Å². The Kier molecular flexibility index (Phi) is 36.1. The van der Waals surface area contributed by atoms with Crippen molar-refractivity contribution in [3.05, 3.63) is 179 Å². The van der Waals surface area contributed by atoms with Gasteiger partial charge in [-0.25, -0.2) is 24.0 Å². The lowest BCUT2D eigenvalue weighted by Crippen LogP contribution is -2.57. The Hall–Kier alpha value is -9.74. The molecule has 0 saturated heterocycles. The maximum atomic E-state index is 11.7. The van der Waals surface area contributed by atoms with Crippen molar-refractivity contribution in [2.45, 2.75) is 223 Å². The van der Waals surface area contributed by atoms with Crippen molar-refractivity contribution in [1.82, 2.24) is 21.3 Å². The van der Waals surface area contributed by atoms with E-state index < -0.39 is 5.43 Å². The van der Waals surface area contributed by atoms with Crippen molar-refractivity contribution < 1.29 is 105 Å². The topological polar surface area (TPSA) is 389 Å². The van der Waals surface area contributed by atoms with Gasteiger partial charge in [0.15, 0.2) is 0 Å². The number of hydrogen-bond acceptors (Lipinski definition) is 24. The molecule has 8 N–H and O–H groups in total. The van der Waals surface area contributed by atoms with Crippen molar-refractivity contribution in [1.29, 1.82) is 0 Å². The number of amides is 4. The van der Waals surface area contributed by atoms with E-state index in [4.69, 9.17) is 61.0 Å². The number of nitrogens with two attached hydrogens (primary N) is 2. The van der Waals surface area contributed by atoms with Crippen LogP contribution < -0.4 is 32.7 Å².